The predicted octanol–water partition coefficient (Wildman–Crippen LogP) is 9.42. The summed E-state index contributed by atoms with van der Waals surface area (Å²) in [5.74, 6) is -1.65. The fraction of sp³-hybridized carbons (Fsp3) is 0.340. The van der Waals surface area contributed by atoms with Gasteiger partial charge in [-0.3, -0.25) is 24.0 Å². The molecule has 0 amide bonds. The minimum Gasteiger partial charge on any atom is -0.382 e. The Hall–Kier alpha value is -5.67. The van der Waals surface area contributed by atoms with E-state index in [1.807, 2.05) is 42.5 Å². The number of carbonyl (C=O) groups excluding carboxylic acids is 5. The third-order valence-corrected chi connectivity index (χ3v) is 13.9. The Kier molecular flexibility index (Phi) is 11.6. The molecule has 0 fully saturated rings. The summed E-state index contributed by atoms with van der Waals surface area (Å²) in [5.41, 5.74) is 1.44. The molecule has 0 bridgehead atoms. The zero-order valence-electron chi connectivity index (χ0n) is 35.9. The third-order valence-electron chi connectivity index (χ3n) is 13.9. The average Bonchev–Trinajstić information content (AvgIpc) is 3.55. The van der Waals surface area contributed by atoms with Crippen LogP contribution in [0.2, 0.25) is 0 Å². The van der Waals surface area contributed by atoms with Gasteiger partial charge in [-0.15, -0.1) is 0 Å². The number of ketones is 5. The largest absolute Gasteiger partial charge is 0.382 e. The molecule has 8 heteroatoms. The van der Waals surface area contributed by atoms with Crippen LogP contribution in [0.1, 0.15) is 165 Å². The lowest BCUT2D eigenvalue weighted by Gasteiger charge is -2.34. The van der Waals surface area contributed by atoms with Crippen LogP contribution in [0.5, 0.6) is 0 Å². The van der Waals surface area contributed by atoms with Gasteiger partial charge in [0.25, 0.3) is 0 Å². The van der Waals surface area contributed by atoms with Gasteiger partial charge in [-0.25, -0.2) is 0 Å². The zero-order chi connectivity index (χ0) is 44.1. The Labute approximate surface area is 357 Å². The van der Waals surface area contributed by atoms with Crippen LogP contribution in [0, 0.1) is 0 Å². The van der Waals surface area contributed by atoms with Gasteiger partial charge in [-0.05, 0) is 103 Å². The molecule has 3 N–H and O–H groups in total. The van der Waals surface area contributed by atoms with E-state index in [1.54, 1.807) is 102 Å². The number of hydrogen-bond donors (Lipinski definition) is 3. The van der Waals surface area contributed by atoms with E-state index in [9.17, 15) is 39.3 Å². The Morgan fingerprint density at radius 1 is 0.426 bits per heavy atom. The molecule has 314 valence electrons. The molecule has 0 unspecified atom stereocenters. The van der Waals surface area contributed by atoms with E-state index in [-0.39, 0.29) is 67.2 Å². The quantitative estimate of drug-likeness (QED) is 0.0820. The van der Waals surface area contributed by atoms with Gasteiger partial charge in [0.05, 0.1) is 0 Å². The first-order valence-corrected chi connectivity index (χ1v) is 21.6. The zero-order valence-corrected chi connectivity index (χ0v) is 35.9. The minimum atomic E-state index is -1.59. The maximum atomic E-state index is 14.3. The van der Waals surface area contributed by atoms with Crippen molar-refractivity contribution in [3.63, 3.8) is 0 Å². The molecule has 7 rings (SSSR count). The fourth-order valence-corrected chi connectivity index (χ4v) is 9.43. The van der Waals surface area contributed by atoms with Gasteiger partial charge in [-0.1, -0.05) is 126 Å². The maximum absolute atomic E-state index is 14.3. The molecule has 5 aromatic carbocycles. The molecule has 0 heterocycles. The number of carbonyl (C=O) groups is 5. The van der Waals surface area contributed by atoms with Crippen molar-refractivity contribution in [1.82, 2.24) is 0 Å². The van der Waals surface area contributed by atoms with E-state index < -0.39 is 28.0 Å². The summed E-state index contributed by atoms with van der Waals surface area (Å²) < 4.78 is 0. The van der Waals surface area contributed by atoms with Crippen molar-refractivity contribution in [3.8, 4) is 11.1 Å². The topological polar surface area (TPSA) is 146 Å². The van der Waals surface area contributed by atoms with Crippen LogP contribution in [0.4, 0.5) is 0 Å². The number of Topliss-reactive ketones (excluding diaryl/α,β-unsaturated/α-hetero) is 3. The third kappa shape index (κ3) is 7.14. The van der Waals surface area contributed by atoms with Gasteiger partial charge in [0.15, 0.2) is 28.9 Å². The van der Waals surface area contributed by atoms with Crippen LogP contribution in [-0.2, 0) is 18.3 Å². The Bertz CT molecular complexity index is 2490. The normalized spacial score (nSPS) is 14.2. The number of hydrogen-bond acceptors (Lipinski definition) is 8. The highest BCUT2D eigenvalue weighted by molar-refractivity contribution is 6.29. The van der Waals surface area contributed by atoms with Crippen molar-refractivity contribution >= 4 is 28.9 Å². The summed E-state index contributed by atoms with van der Waals surface area (Å²) in [5, 5.41) is 33.6. The first-order valence-electron chi connectivity index (χ1n) is 21.6. The molecule has 0 aliphatic heterocycles. The summed E-state index contributed by atoms with van der Waals surface area (Å²) in [6.07, 6.45) is 2.14. The highest BCUT2D eigenvalue weighted by Gasteiger charge is 2.47. The van der Waals surface area contributed by atoms with Gasteiger partial charge >= 0.3 is 0 Å². The number of fused-ring (bicyclic) bond motifs is 5. The molecule has 2 aliphatic rings. The second-order valence-corrected chi connectivity index (χ2v) is 16.9. The van der Waals surface area contributed by atoms with E-state index in [2.05, 4.69) is 0 Å². The first kappa shape index (κ1) is 43.4. The molecule has 5 aromatic rings. The Morgan fingerprint density at radius 2 is 0.787 bits per heavy atom. The van der Waals surface area contributed by atoms with Gasteiger partial charge in [0.2, 0.25) is 0 Å². The van der Waals surface area contributed by atoms with Gasteiger partial charge in [0.1, 0.15) is 16.8 Å². The molecule has 0 spiro atoms. The van der Waals surface area contributed by atoms with Crippen LogP contribution in [0.3, 0.4) is 0 Å². The van der Waals surface area contributed by atoms with Crippen molar-refractivity contribution in [2.24, 2.45) is 0 Å². The van der Waals surface area contributed by atoms with Crippen LogP contribution < -0.4 is 0 Å². The van der Waals surface area contributed by atoms with Crippen molar-refractivity contribution < 1.29 is 39.3 Å². The second kappa shape index (κ2) is 16.3. The summed E-state index contributed by atoms with van der Waals surface area (Å²) >= 11 is 0. The standard InChI is InChI=1S/C53H54O8/c1-7-51(59,8-2)47(56)34-21-17-32(18-22-34)30-50(31-33-19-23-35(24-20-33)48(57)52(60,9-3)10-4)43-27-36(49(58)53(61,11-5)12-6)25-26-37(43)40-28-41-42(29-44(40)50)46(55)39-16-14-13-15-38(39)45(41)54/h13-29,59-61H,7-12,30-31H2,1-6H3. The molecular formula is C53H54O8. The summed E-state index contributed by atoms with van der Waals surface area (Å²) in [4.78, 5) is 69.6. The Balaban J connectivity index is 1.47. The van der Waals surface area contributed by atoms with Crippen LogP contribution in [0.25, 0.3) is 11.1 Å². The number of rotatable bonds is 16. The molecule has 0 saturated heterocycles. The predicted molar refractivity (Wildman–Crippen MR) is 236 cm³/mol. The highest BCUT2D eigenvalue weighted by atomic mass is 16.3. The van der Waals surface area contributed by atoms with Gasteiger partial charge in [-0.2, -0.15) is 0 Å². The van der Waals surface area contributed by atoms with Crippen molar-refractivity contribution in [1.29, 1.82) is 0 Å². The summed E-state index contributed by atoms with van der Waals surface area (Å²) in [6, 6.07) is 30.2. The smallest absolute Gasteiger partial charge is 0.194 e. The van der Waals surface area contributed by atoms with Crippen LogP contribution >= 0.6 is 0 Å². The molecule has 2 aliphatic carbocycles. The SMILES string of the molecule is CCC(O)(CC)C(=O)c1ccc(CC2(Cc3ccc(C(=O)C(O)(CC)CC)cc3)c3cc(C(=O)C(O)(CC)CC)ccc3-c3cc4c(cc32)C(=O)c2ccccc2C4=O)cc1. The van der Waals surface area contributed by atoms with Gasteiger partial charge < -0.3 is 15.3 Å². The lowest BCUT2D eigenvalue weighted by molar-refractivity contribution is 0.0277. The maximum Gasteiger partial charge on any atom is 0.194 e. The number of benzene rings is 5. The van der Waals surface area contributed by atoms with Crippen molar-refractivity contribution in [2.75, 3.05) is 0 Å². The van der Waals surface area contributed by atoms with E-state index in [0.717, 1.165) is 33.4 Å². The van der Waals surface area contributed by atoms with Crippen molar-refractivity contribution in [3.05, 3.63) is 164 Å². The highest BCUT2D eigenvalue weighted by Crippen LogP contribution is 2.54. The Morgan fingerprint density at radius 3 is 1.20 bits per heavy atom. The molecule has 8 nitrogen and oxygen atoms in total. The van der Waals surface area contributed by atoms with E-state index in [4.69, 9.17) is 0 Å². The fourth-order valence-electron chi connectivity index (χ4n) is 9.43. The first-order chi connectivity index (χ1) is 29.1. The monoisotopic (exact) mass is 818 g/mol. The summed E-state index contributed by atoms with van der Waals surface area (Å²) in [7, 11) is 0. The molecule has 0 aromatic heterocycles. The lowest BCUT2D eigenvalue weighted by Crippen LogP contribution is -2.38. The minimum absolute atomic E-state index is 0.217. The summed E-state index contributed by atoms with van der Waals surface area (Å²) in [6.45, 7) is 10.7. The van der Waals surface area contributed by atoms with Crippen LogP contribution in [0.15, 0.2) is 103 Å². The molecule has 0 atom stereocenters. The molecule has 0 saturated carbocycles. The average molecular weight is 819 g/mol. The van der Waals surface area contributed by atoms with E-state index in [1.165, 1.54) is 0 Å². The van der Waals surface area contributed by atoms with E-state index >= 15 is 0 Å². The molecule has 0 radical (unpaired) electrons. The second-order valence-electron chi connectivity index (χ2n) is 16.9. The molecule has 61 heavy (non-hydrogen) atoms. The van der Waals surface area contributed by atoms with E-state index in [0.29, 0.717) is 46.2 Å². The number of aliphatic hydroxyl groups is 3. The molecular weight excluding hydrogens is 765 g/mol. The lowest BCUT2D eigenvalue weighted by atomic mass is 9.68. The van der Waals surface area contributed by atoms with Crippen molar-refractivity contribution in [2.45, 2.75) is 115 Å². The van der Waals surface area contributed by atoms with Crippen LogP contribution in [-0.4, -0.2) is 61.0 Å². The van der Waals surface area contributed by atoms with Gasteiger partial charge in [0, 0.05) is 44.4 Å².